The van der Waals surface area contributed by atoms with Gasteiger partial charge in [-0.2, -0.15) is 21.6 Å². The molecule has 1 fully saturated rings. The molecule has 1 amide bonds. The van der Waals surface area contributed by atoms with Crippen LogP contribution in [0.15, 0.2) is 48.5 Å². The van der Waals surface area contributed by atoms with E-state index in [0.29, 0.717) is 6.42 Å². The van der Waals surface area contributed by atoms with Gasteiger partial charge in [-0.3, -0.25) is 4.18 Å². The summed E-state index contributed by atoms with van der Waals surface area (Å²) in [5.41, 5.74) is -0.601. The van der Waals surface area contributed by atoms with Crippen molar-refractivity contribution in [2.75, 3.05) is 12.8 Å². The lowest BCUT2D eigenvalue weighted by atomic mass is 9.82. The van der Waals surface area contributed by atoms with E-state index in [1.807, 2.05) is 0 Å². The molecule has 1 saturated heterocycles. The van der Waals surface area contributed by atoms with Crippen molar-refractivity contribution >= 4 is 16.2 Å². The maximum Gasteiger partial charge on any atom is 0.416 e. The van der Waals surface area contributed by atoms with Gasteiger partial charge in [0.1, 0.15) is 11.9 Å². The Morgan fingerprint density at radius 1 is 1.16 bits per heavy atom. The standard InChI is InChI=1S/C21H21F4NO5S/c1-32(29,30)31-19(17-6-3-11-26(17)20(27)28)18(13-7-9-16(22)10-8-13)14-4-2-5-15(12-14)21(23,24)25/h2,4-5,7-10,12,17-19H,3,6,11H2,1H3,(H,27,28)/t17?,18-,19-/m0/s1. The highest BCUT2D eigenvalue weighted by Gasteiger charge is 2.43. The summed E-state index contributed by atoms with van der Waals surface area (Å²) in [5, 5.41) is 9.56. The summed E-state index contributed by atoms with van der Waals surface area (Å²) in [6, 6.07) is 8.18. The van der Waals surface area contributed by atoms with Crippen LogP contribution in [-0.4, -0.2) is 49.5 Å². The molecule has 174 valence electrons. The molecule has 32 heavy (non-hydrogen) atoms. The molecule has 0 aliphatic carbocycles. The maximum absolute atomic E-state index is 13.6. The Balaban J connectivity index is 2.20. The third-order valence-corrected chi connectivity index (χ3v) is 5.91. The van der Waals surface area contributed by atoms with Crippen LogP contribution in [0.3, 0.4) is 0 Å². The van der Waals surface area contributed by atoms with Crippen molar-refractivity contribution in [1.29, 1.82) is 0 Å². The summed E-state index contributed by atoms with van der Waals surface area (Å²) >= 11 is 0. The number of benzene rings is 2. The fourth-order valence-corrected chi connectivity index (χ4v) is 4.71. The molecule has 1 aliphatic rings. The molecule has 0 radical (unpaired) electrons. The first-order valence-corrected chi connectivity index (χ1v) is 11.5. The van der Waals surface area contributed by atoms with Gasteiger partial charge in [0.15, 0.2) is 0 Å². The highest BCUT2D eigenvalue weighted by atomic mass is 32.2. The van der Waals surface area contributed by atoms with Crippen LogP contribution in [0.2, 0.25) is 0 Å². The molecule has 11 heteroatoms. The SMILES string of the molecule is CS(=O)(=O)O[C@@H](C1CCCN1C(=O)O)[C@@H](c1ccc(F)cc1)c1cccc(C(F)(F)F)c1. The van der Waals surface area contributed by atoms with E-state index in [-0.39, 0.29) is 24.1 Å². The zero-order valence-corrected chi connectivity index (χ0v) is 17.7. The summed E-state index contributed by atoms with van der Waals surface area (Å²) in [6.45, 7) is 0.127. The number of rotatable bonds is 6. The van der Waals surface area contributed by atoms with Crippen molar-refractivity contribution in [2.24, 2.45) is 0 Å². The topological polar surface area (TPSA) is 83.9 Å². The Kier molecular flexibility index (Phi) is 6.80. The number of carbonyl (C=O) groups is 1. The molecule has 3 rings (SSSR count). The van der Waals surface area contributed by atoms with Crippen LogP contribution in [0.4, 0.5) is 22.4 Å². The molecule has 0 aromatic heterocycles. The van der Waals surface area contributed by atoms with Crippen LogP contribution < -0.4 is 0 Å². The second-order valence-electron chi connectivity index (χ2n) is 7.60. The zero-order chi connectivity index (χ0) is 23.7. The van der Waals surface area contributed by atoms with Crippen molar-refractivity contribution < 1.29 is 40.1 Å². The lowest BCUT2D eigenvalue weighted by molar-refractivity contribution is -0.137. The van der Waals surface area contributed by atoms with E-state index >= 15 is 0 Å². The minimum absolute atomic E-state index is 0.0670. The van der Waals surface area contributed by atoms with Gasteiger partial charge in [-0.1, -0.05) is 30.3 Å². The smallest absolute Gasteiger partial charge is 0.416 e. The largest absolute Gasteiger partial charge is 0.465 e. The van der Waals surface area contributed by atoms with Crippen LogP contribution in [0.1, 0.15) is 35.4 Å². The van der Waals surface area contributed by atoms with Crippen molar-refractivity contribution in [1.82, 2.24) is 4.90 Å². The summed E-state index contributed by atoms with van der Waals surface area (Å²) in [5.74, 6) is -1.71. The molecule has 2 aromatic carbocycles. The highest BCUT2D eigenvalue weighted by Crippen LogP contribution is 2.39. The fraction of sp³-hybridized carbons (Fsp3) is 0.381. The number of hydrogen-bond donors (Lipinski definition) is 1. The van der Waals surface area contributed by atoms with Gasteiger partial charge in [0.2, 0.25) is 0 Å². The quantitative estimate of drug-likeness (QED) is 0.493. The second-order valence-corrected chi connectivity index (χ2v) is 9.20. The highest BCUT2D eigenvalue weighted by molar-refractivity contribution is 7.86. The van der Waals surface area contributed by atoms with Crippen molar-refractivity contribution in [3.05, 3.63) is 71.0 Å². The first kappa shape index (κ1) is 24.0. The van der Waals surface area contributed by atoms with Gasteiger partial charge in [-0.05, 0) is 42.2 Å². The average Bonchev–Trinajstić information content (AvgIpc) is 3.18. The first-order valence-electron chi connectivity index (χ1n) is 9.67. The molecule has 6 nitrogen and oxygen atoms in total. The molecule has 0 saturated carbocycles. The van der Waals surface area contributed by atoms with Crippen LogP contribution >= 0.6 is 0 Å². The van der Waals surface area contributed by atoms with Crippen LogP contribution in [0.5, 0.6) is 0 Å². The van der Waals surface area contributed by atoms with Gasteiger partial charge < -0.3 is 10.0 Å². The van der Waals surface area contributed by atoms with Gasteiger partial charge in [-0.15, -0.1) is 0 Å². The number of carboxylic acid groups (broad SMARTS) is 1. The summed E-state index contributed by atoms with van der Waals surface area (Å²) in [4.78, 5) is 12.8. The minimum atomic E-state index is -4.66. The normalized spacial score (nSPS) is 19.0. The number of nitrogens with zero attached hydrogens (tertiary/aromatic N) is 1. The average molecular weight is 475 g/mol. The second kappa shape index (κ2) is 9.07. The van der Waals surface area contributed by atoms with Gasteiger partial charge in [0, 0.05) is 12.5 Å². The molecule has 2 aromatic rings. The molecule has 3 atom stereocenters. The minimum Gasteiger partial charge on any atom is -0.465 e. The lowest BCUT2D eigenvalue weighted by Crippen LogP contribution is -2.47. The Morgan fingerprint density at radius 3 is 2.38 bits per heavy atom. The molecule has 0 bridgehead atoms. The predicted molar refractivity (Wildman–Crippen MR) is 107 cm³/mol. The van der Waals surface area contributed by atoms with E-state index in [1.54, 1.807) is 0 Å². The fourth-order valence-electron chi connectivity index (χ4n) is 4.07. The molecular weight excluding hydrogens is 454 g/mol. The van der Waals surface area contributed by atoms with Gasteiger partial charge in [-0.25, -0.2) is 9.18 Å². The third-order valence-electron chi connectivity index (χ3n) is 5.34. The zero-order valence-electron chi connectivity index (χ0n) is 16.9. The lowest BCUT2D eigenvalue weighted by Gasteiger charge is -2.35. The van der Waals surface area contributed by atoms with Gasteiger partial charge >= 0.3 is 12.3 Å². The van der Waals surface area contributed by atoms with E-state index in [9.17, 15) is 35.9 Å². The molecule has 1 N–H and O–H groups in total. The maximum atomic E-state index is 13.6. The number of likely N-dealkylation sites (tertiary alicyclic amines) is 1. The third kappa shape index (κ3) is 5.57. The predicted octanol–water partition coefficient (Wildman–Crippen LogP) is 4.46. The Labute approximate surface area is 182 Å². The van der Waals surface area contributed by atoms with E-state index in [1.165, 1.54) is 24.3 Å². The summed E-state index contributed by atoms with van der Waals surface area (Å²) < 4.78 is 83.2. The molecular formula is C21H21F4NO5S. The number of alkyl halides is 3. The van der Waals surface area contributed by atoms with E-state index in [0.717, 1.165) is 35.4 Å². The molecule has 0 spiro atoms. The van der Waals surface area contributed by atoms with Crippen LogP contribution in [0, 0.1) is 5.82 Å². The first-order chi connectivity index (χ1) is 14.9. The monoisotopic (exact) mass is 475 g/mol. The van der Waals surface area contributed by atoms with E-state index in [2.05, 4.69) is 0 Å². The van der Waals surface area contributed by atoms with E-state index in [4.69, 9.17) is 4.18 Å². The number of halogens is 4. The molecule has 1 heterocycles. The number of amides is 1. The Bertz CT molecular complexity index is 1070. The van der Waals surface area contributed by atoms with Gasteiger partial charge in [0.05, 0.1) is 17.9 Å². The van der Waals surface area contributed by atoms with Crippen LogP contribution in [-0.2, 0) is 20.5 Å². The summed E-state index contributed by atoms with van der Waals surface area (Å²) in [6.07, 6.45) is -5.85. The number of hydrogen-bond acceptors (Lipinski definition) is 4. The van der Waals surface area contributed by atoms with Gasteiger partial charge in [0.25, 0.3) is 10.1 Å². The van der Waals surface area contributed by atoms with Crippen molar-refractivity contribution in [3.63, 3.8) is 0 Å². The van der Waals surface area contributed by atoms with E-state index < -0.39 is 51.8 Å². The molecule has 1 unspecified atom stereocenters. The van der Waals surface area contributed by atoms with Crippen LogP contribution in [0.25, 0.3) is 0 Å². The Morgan fingerprint density at radius 2 is 1.81 bits per heavy atom. The summed E-state index contributed by atoms with van der Waals surface area (Å²) in [7, 11) is -4.13. The van der Waals surface area contributed by atoms with Crippen molar-refractivity contribution in [2.45, 2.75) is 37.1 Å². The molecule has 1 aliphatic heterocycles. The Hall–Kier alpha value is -2.66. The van der Waals surface area contributed by atoms with Crippen molar-refractivity contribution in [3.8, 4) is 0 Å².